The van der Waals surface area contributed by atoms with Gasteiger partial charge in [-0.2, -0.15) is 0 Å². The molecule has 1 N–H and O–H groups in total. The predicted octanol–water partition coefficient (Wildman–Crippen LogP) is 5.29. The largest absolute Gasteiger partial charge is 0.388 e. The maximum atomic E-state index is 12.8. The number of aliphatic hydroxyl groups is 1. The highest BCUT2D eigenvalue weighted by molar-refractivity contribution is 7.15. The maximum absolute atomic E-state index is 12.8. The number of Topliss-reactive ketones (excluding diaryl/α,β-unsaturated/α-hetero) is 1. The van der Waals surface area contributed by atoms with Crippen molar-refractivity contribution in [3.8, 4) is 10.4 Å². The summed E-state index contributed by atoms with van der Waals surface area (Å²) in [4.78, 5) is 27.0. The minimum atomic E-state index is -0.407. The molecule has 1 aromatic carbocycles. The van der Waals surface area contributed by atoms with Gasteiger partial charge in [0.05, 0.1) is 22.2 Å². The van der Waals surface area contributed by atoms with E-state index in [0.717, 1.165) is 48.1 Å². The summed E-state index contributed by atoms with van der Waals surface area (Å²) >= 11 is 8.53. The van der Waals surface area contributed by atoms with Gasteiger partial charge in [0.15, 0.2) is 11.2 Å². The minimum Gasteiger partial charge on any atom is -0.388 e. The topological polar surface area (TPSA) is 59.3 Å². The molecule has 0 radical (unpaired) electrons. The SMILES string of the molecule is CC(=O)c1cn(C2CC2)c2c(Cl)c(-c3cc4c(s3)CCCC4O)ccc2c1=O. The molecule has 144 valence electrons. The highest BCUT2D eigenvalue weighted by Crippen LogP contribution is 2.45. The zero-order valence-electron chi connectivity index (χ0n) is 15.5. The summed E-state index contributed by atoms with van der Waals surface area (Å²) in [6.45, 7) is 1.43. The third-order valence-electron chi connectivity index (χ3n) is 5.80. The molecule has 2 aromatic heterocycles. The van der Waals surface area contributed by atoms with Crippen LogP contribution < -0.4 is 5.43 Å². The van der Waals surface area contributed by atoms with Gasteiger partial charge in [0.2, 0.25) is 0 Å². The lowest BCUT2D eigenvalue weighted by molar-refractivity contribution is 0.101. The Morgan fingerprint density at radius 3 is 2.75 bits per heavy atom. The zero-order valence-corrected chi connectivity index (χ0v) is 17.1. The first kappa shape index (κ1) is 18.1. The Bertz CT molecular complexity index is 1190. The fraction of sp³-hybridized carbons (Fsp3) is 0.364. The van der Waals surface area contributed by atoms with Gasteiger partial charge >= 0.3 is 0 Å². The number of aryl methyl sites for hydroxylation is 1. The average Bonchev–Trinajstić information content (AvgIpc) is 3.41. The van der Waals surface area contributed by atoms with Crippen LogP contribution in [0.3, 0.4) is 0 Å². The molecule has 0 saturated heterocycles. The molecule has 6 heteroatoms. The molecule has 1 atom stereocenters. The van der Waals surface area contributed by atoms with Crippen molar-refractivity contribution in [1.29, 1.82) is 0 Å². The molecule has 1 saturated carbocycles. The number of halogens is 1. The summed E-state index contributed by atoms with van der Waals surface area (Å²) in [5.41, 5.74) is 2.56. The Kier molecular flexibility index (Phi) is 4.23. The molecular formula is C22H20ClNO3S. The van der Waals surface area contributed by atoms with Crippen LogP contribution in [-0.2, 0) is 6.42 Å². The van der Waals surface area contributed by atoms with Crippen LogP contribution in [0.4, 0.5) is 0 Å². The van der Waals surface area contributed by atoms with E-state index in [4.69, 9.17) is 11.6 Å². The van der Waals surface area contributed by atoms with Crippen molar-refractivity contribution < 1.29 is 9.90 Å². The third-order valence-corrected chi connectivity index (χ3v) is 7.43. The molecule has 0 bridgehead atoms. The highest BCUT2D eigenvalue weighted by Gasteiger charge is 2.28. The van der Waals surface area contributed by atoms with Crippen molar-refractivity contribution in [3.63, 3.8) is 0 Å². The molecule has 1 unspecified atom stereocenters. The lowest BCUT2D eigenvalue weighted by atomic mass is 9.95. The number of fused-ring (bicyclic) bond motifs is 2. The van der Waals surface area contributed by atoms with E-state index >= 15 is 0 Å². The van der Waals surface area contributed by atoms with E-state index in [1.807, 2.05) is 16.7 Å². The number of carbonyl (C=O) groups is 1. The molecule has 4 nitrogen and oxygen atoms in total. The van der Waals surface area contributed by atoms with Crippen LogP contribution in [0.2, 0.25) is 5.02 Å². The number of pyridine rings is 1. The molecule has 28 heavy (non-hydrogen) atoms. The number of hydrogen-bond donors (Lipinski definition) is 1. The van der Waals surface area contributed by atoms with Gasteiger partial charge in [-0.25, -0.2) is 0 Å². The molecule has 5 rings (SSSR count). The van der Waals surface area contributed by atoms with Crippen LogP contribution in [0, 0.1) is 0 Å². The van der Waals surface area contributed by atoms with Crippen molar-refractivity contribution in [2.24, 2.45) is 0 Å². The van der Waals surface area contributed by atoms with Gasteiger partial charge in [-0.3, -0.25) is 9.59 Å². The van der Waals surface area contributed by atoms with Crippen LogP contribution >= 0.6 is 22.9 Å². The standard InChI is InChI=1S/C22H20ClNO3S/c1-11(25)16-10-24(12-5-6-12)21-14(22(16)27)8-7-13(20(21)23)19-9-15-17(26)3-2-4-18(15)28-19/h7-10,12,17,26H,2-6H2,1H3. The number of carbonyl (C=O) groups excluding carboxylic acids is 1. The molecule has 0 spiro atoms. The van der Waals surface area contributed by atoms with Gasteiger partial charge in [-0.15, -0.1) is 11.3 Å². The molecule has 0 aliphatic heterocycles. The summed E-state index contributed by atoms with van der Waals surface area (Å²) in [5, 5.41) is 11.3. The van der Waals surface area contributed by atoms with E-state index in [0.29, 0.717) is 15.9 Å². The molecule has 3 aromatic rings. The fourth-order valence-electron chi connectivity index (χ4n) is 4.15. The van der Waals surface area contributed by atoms with Crippen LogP contribution in [0.1, 0.15) is 65.6 Å². The lowest BCUT2D eigenvalue weighted by Gasteiger charge is -2.16. The quantitative estimate of drug-likeness (QED) is 0.593. The second-order valence-corrected chi connectivity index (χ2v) is 9.30. The number of rotatable bonds is 3. The predicted molar refractivity (Wildman–Crippen MR) is 113 cm³/mol. The second-order valence-electron chi connectivity index (χ2n) is 7.79. The summed E-state index contributed by atoms with van der Waals surface area (Å²) in [5.74, 6) is -0.221. The lowest BCUT2D eigenvalue weighted by Crippen LogP contribution is -2.17. The number of benzene rings is 1. The molecule has 1 fully saturated rings. The summed E-state index contributed by atoms with van der Waals surface area (Å²) in [7, 11) is 0. The normalized spacial score (nSPS) is 19.0. The summed E-state index contributed by atoms with van der Waals surface area (Å²) < 4.78 is 2.02. The van der Waals surface area contributed by atoms with Gasteiger partial charge in [-0.1, -0.05) is 17.7 Å². The molecule has 0 amide bonds. The molecule has 2 aliphatic carbocycles. The van der Waals surface area contributed by atoms with Crippen LogP contribution in [0.5, 0.6) is 0 Å². The fourth-order valence-corrected chi connectivity index (χ4v) is 5.86. The minimum absolute atomic E-state index is 0.220. The number of aromatic nitrogens is 1. The first-order valence-electron chi connectivity index (χ1n) is 9.65. The van der Waals surface area contributed by atoms with Gasteiger partial charge in [-0.05, 0) is 56.7 Å². The van der Waals surface area contributed by atoms with Crippen molar-refractivity contribution >= 4 is 39.6 Å². The molecule has 2 heterocycles. The van der Waals surface area contributed by atoms with Gasteiger partial charge in [0.25, 0.3) is 0 Å². The van der Waals surface area contributed by atoms with Gasteiger partial charge < -0.3 is 9.67 Å². The first-order valence-corrected chi connectivity index (χ1v) is 10.8. The Morgan fingerprint density at radius 2 is 2.07 bits per heavy atom. The van der Waals surface area contributed by atoms with Gasteiger partial charge in [0, 0.05) is 32.9 Å². The number of nitrogens with zero attached hydrogens (tertiary/aromatic N) is 1. The van der Waals surface area contributed by atoms with Crippen LogP contribution in [-0.4, -0.2) is 15.5 Å². The van der Waals surface area contributed by atoms with E-state index < -0.39 is 6.10 Å². The number of hydrogen-bond acceptors (Lipinski definition) is 4. The van der Waals surface area contributed by atoms with E-state index in [-0.39, 0.29) is 22.8 Å². The second kappa shape index (κ2) is 6.55. The Hall–Kier alpha value is -1.95. The maximum Gasteiger partial charge on any atom is 0.200 e. The van der Waals surface area contributed by atoms with Gasteiger partial charge in [0.1, 0.15) is 0 Å². The van der Waals surface area contributed by atoms with Crippen molar-refractivity contribution in [2.45, 2.75) is 51.2 Å². The van der Waals surface area contributed by atoms with Crippen LogP contribution in [0.15, 0.2) is 29.2 Å². The summed E-state index contributed by atoms with van der Waals surface area (Å²) in [6.07, 6.45) is 6.10. The number of ketones is 1. The Morgan fingerprint density at radius 1 is 1.29 bits per heavy atom. The van der Waals surface area contributed by atoms with E-state index in [9.17, 15) is 14.7 Å². The van der Waals surface area contributed by atoms with E-state index in [1.165, 1.54) is 11.8 Å². The summed E-state index contributed by atoms with van der Waals surface area (Å²) in [6, 6.07) is 5.99. The van der Waals surface area contributed by atoms with E-state index in [2.05, 4.69) is 0 Å². The zero-order chi connectivity index (χ0) is 19.6. The average molecular weight is 414 g/mol. The van der Waals surface area contributed by atoms with E-state index in [1.54, 1.807) is 23.6 Å². The molecule has 2 aliphatic rings. The third kappa shape index (κ3) is 2.76. The van der Waals surface area contributed by atoms with Crippen LogP contribution in [0.25, 0.3) is 21.3 Å². The van der Waals surface area contributed by atoms with Crippen molar-refractivity contribution in [1.82, 2.24) is 4.57 Å². The van der Waals surface area contributed by atoms with Crippen molar-refractivity contribution in [2.75, 3.05) is 0 Å². The highest BCUT2D eigenvalue weighted by atomic mass is 35.5. The molecular weight excluding hydrogens is 394 g/mol. The monoisotopic (exact) mass is 413 g/mol. The smallest absolute Gasteiger partial charge is 0.200 e. The van der Waals surface area contributed by atoms with Crippen molar-refractivity contribution in [3.05, 3.63) is 55.6 Å². The Balaban J connectivity index is 1.76. The Labute approximate surface area is 171 Å². The first-order chi connectivity index (χ1) is 13.5. The number of thiophene rings is 1. The number of aliphatic hydroxyl groups excluding tert-OH is 1.